The molecule has 0 atom stereocenters. The van der Waals surface area contributed by atoms with Crippen LogP contribution in [0, 0.1) is 11.3 Å². The Kier molecular flexibility index (Phi) is 2.82. The summed E-state index contributed by atoms with van der Waals surface area (Å²) in [5.74, 6) is 0. The summed E-state index contributed by atoms with van der Waals surface area (Å²) in [5.41, 5.74) is -0.176. The summed E-state index contributed by atoms with van der Waals surface area (Å²) in [6.07, 6.45) is 1.45. The van der Waals surface area contributed by atoms with Crippen molar-refractivity contribution < 1.29 is 0 Å². The molecule has 0 aliphatic heterocycles. The van der Waals surface area contributed by atoms with Gasteiger partial charge in [-0.25, -0.2) is 4.79 Å². The van der Waals surface area contributed by atoms with Crippen molar-refractivity contribution >= 4 is 0 Å². The molecule has 6 nitrogen and oxygen atoms in total. The van der Waals surface area contributed by atoms with E-state index in [-0.39, 0.29) is 12.2 Å². The lowest BCUT2D eigenvalue weighted by Gasteiger charge is -2.10. The van der Waals surface area contributed by atoms with Gasteiger partial charge in [-0.1, -0.05) is 0 Å². The smallest absolute Gasteiger partial charge is 0.285 e. The average Bonchev–Trinajstić information content (AvgIpc) is 2.37. The van der Waals surface area contributed by atoms with Gasteiger partial charge in [0.15, 0.2) is 0 Å². The highest BCUT2D eigenvalue weighted by molar-refractivity contribution is 4.73. The number of hydrogen-bond acceptors (Lipinski definition) is 4. The number of aromatic nitrogens is 3. The summed E-state index contributed by atoms with van der Waals surface area (Å²) in [7, 11) is 3.39. The molecule has 0 aliphatic rings. The number of hydrogen-bond donors (Lipinski definition) is 0. The van der Waals surface area contributed by atoms with E-state index in [0.29, 0.717) is 6.67 Å². The minimum atomic E-state index is -0.176. The van der Waals surface area contributed by atoms with E-state index >= 15 is 0 Å². The standard InChI is InChI=1S/C7H11N5O/c1-10(4-3-8)6-12-7(13)11(2)5-9-12/h5H,4,6H2,1-2H3. The summed E-state index contributed by atoms with van der Waals surface area (Å²) in [5, 5.41) is 12.2. The highest BCUT2D eigenvalue weighted by atomic mass is 16.2. The van der Waals surface area contributed by atoms with Crippen LogP contribution in [0.4, 0.5) is 0 Å². The molecule has 70 valence electrons. The summed E-state index contributed by atoms with van der Waals surface area (Å²) in [6.45, 7) is 0.621. The summed E-state index contributed by atoms with van der Waals surface area (Å²) in [6, 6.07) is 1.99. The van der Waals surface area contributed by atoms with Crippen LogP contribution in [0.25, 0.3) is 0 Å². The van der Waals surface area contributed by atoms with Crippen LogP contribution in [0.15, 0.2) is 11.1 Å². The first-order valence-electron chi connectivity index (χ1n) is 3.79. The second-order valence-electron chi connectivity index (χ2n) is 2.84. The molecule has 0 spiro atoms. The zero-order valence-electron chi connectivity index (χ0n) is 7.64. The lowest BCUT2D eigenvalue weighted by Crippen LogP contribution is -2.31. The predicted octanol–water partition coefficient (Wildman–Crippen LogP) is -1.01. The van der Waals surface area contributed by atoms with Gasteiger partial charge >= 0.3 is 5.69 Å². The maximum absolute atomic E-state index is 11.3. The molecule has 1 rings (SSSR count). The first-order valence-corrected chi connectivity index (χ1v) is 3.79. The summed E-state index contributed by atoms with van der Waals surface area (Å²) < 4.78 is 2.69. The van der Waals surface area contributed by atoms with E-state index in [1.165, 1.54) is 15.6 Å². The van der Waals surface area contributed by atoms with E-state index in [0.717, 1.165) is 0 Å². The van der Waals surface area contributed by atoms with Gasteiger partial charge in [-0.3, -0.25) is 9.47 Å². The monoisotopic (exact) mass is 181 g/mol. The molecule has 13 heavy (non-hydrogen) atoms. The molecule has 0 aromatic carbocycles. The Bertz CT molecular complexity index is 371. The van der Waals surface area contributed by atoms with Crippen molar-refractivity contribution in [3.05, 3.63) is 16.8 Å². The van der Waals surface area contributed by atoms with Crippen LogP contribution >= 0.6 is 0 Å². The highest BCUT2D eigenvalue weighted by Gasteiger charge is 2.03. The Balaban J connectivity index is 2.70. The van der Waals surface area contributed by atoms with Crippen molar-refractivity contribution in [2.24, 2.45) is 7.05 Å². The van der Waals surface area contributed by atoms with Crippen molar-refractivity contribution in [1.82, 2.24) is 19.2 Å². The van der Waals surface area contributed by atoms with Gasteiger partial charge in [0.1, 0.15) is 6.33 Å². The molecule has 0 fully saturated rings. The summed E-state index contributed by atoms with van der Waals surface area (Å²) in [4.78, 5) is 13.0. The van der Waals surface area contributed by atoms with Crippen molar-refractivity contribution in [2.45, 2.75) is 6.67 Å². The Labute approximate surface area is 75.6 Å². The number of rotatable bonds is 3. The van der Waals surface area contributed by atoms with Gasteiger partial charge in [0.05, 0.1) is 19.3 Å². The third kappa shape index (κ3) is 2.16. The molecule has 1 aromatic rings. The van der Waals surface area contributed by atoms with Crippen LogP contribution in [0.3, 0.4) is 0 Å². The summed E-state index contributed by atoms with van der Waals surface area (Å²) >= 11 is 0. The first-order chi connectivity index (χ1) is 6.15. The van der Waals surface area contributed by atoms with Gasteiger partial charge in [-0.15, -0.1) is 0 Å². The van der Waals surface area contributed by atoms with Crippen LogP contribution < -0.4 is 5.69 Å². The topological polar surface area (TPSA) is 66.8 Å². The SMILES string of the molecule is CN(CC#N)Cn1ncn(C)c1=O. The number of nitrogens with zero attached hydrogens (tertiary/aromatic N) is 5. The van der Waals surface area contributed by atoms with E-state index in [9.17, 15) is 4.79 Å². The van der Waals surface area contributed by atoms with Gasteiger partial charge in [-0.2, -0.15) is 15.0 Å². The van der Waals surface area contributed by atoms with Crippen molar-refractivity contribution in [3.8, 4) is 6.07 Å². The van der Waals surface area contributed by atoms with Crippen LogP contribution in [-0.2, 0) is 13.7 Å². The van der Waals surface area contributed by atoms with E-state index in [4.69, 9.17) is 5.26 Å². The molecule has 6 heteroatoms. The third-order valence-electron chi connectivity index (χ3n) is 1.60. The lowest BCUT2D eigenvalue weighted by molar-refractivity contribution is 0.276. The Morgan fingerprint density at radius 2 is 2.46 bits per heavy atom. The van der Waals surface area contributed by atoms with Crippen LogP contribution in [0.2, 0.25) is 0 Å². The fourth-order valence-corrected chi connectivity index (χ4v) is 0.917. The van der Waals surface area contributed by atoms with E-state index < -0.39 is 0 Å². The molecule has 0 N–H and O–H groups in total. The predicted molar refractivity (Wildman–Crippen MR) is 45.7 cm³/mol. The molecule has 0 unspecified atom stereocenters. The molecule has 1 aromatic heterocycles. The van der Waals surface area contributed by atoms with Gasteiger partial charge in [-0.05, 0) is 7.05 Å². The molecule has 0 saturated heterocycles. The first kappa shape index (κ1) is 9.48. The molecular weight excluding hydrogens is 170 g/mol. The minimum Gasteiger partial charge on any atom is -0.285 e. The van der Waals surface area contributed by atoms with Crippen LogP contribution in [0.5, 0.6) is 0 Å². The minimum absolute atomic E-state index is 0.176. The maximum atomic E-state index is 11.3. The maximum Gasteiger partial charge on any atom is 0.346 e. The molecule has 1 heterocycles. The molecule has 0 saturated carbocycles. The van der Waals surface area contributed by atoms with E-state index in [1.807, 2.05) is 6.07 Å². The molecule has 0 bridgehead atoms. The van der Waals surface area contributed by atoms with Gasteiger partial charge in [0, 0.05) is 7.05 Å². The molecule has 0 amide bonds. The Morgan fingerprint density at radius 3 is 2.92 bits per heavy atom. The fraction of sp³-hybridized carbons (Fsp3) is 0.571. The number of aryl methyl sites for hydroxylation is 1. The van der Waals surface area contributed by atoms with Crippen molar-refractivity contribution in [1.29, 1.82) is 5.26 Å². The lowest BCUT2D eigenvalue weighted by atomic mass is 10.6. The Hall–Kier alpha value is -1.61. The van der Waals surface area contributed by atoms with Crippen molar-refractivity contribution in [2.75, 3.05) is 13.6 Å². The van der Waals surface area contributed by atoms with Gasteiger partial charge < -0.3 is 0 Å². The molecular formula is C7H11N5O. The zero-order chi connectivity index (χ0) is 9.84. The fourth-order valence-electron chi connectivity index (χ4n) is 0.917. The second kappa shape index (κ2) is 3.87. The third-order valence-corrected chi connectivity index (χ3v) is 1.60. The van der Waals surface area contributed by atoms with Gasteiger partial charge in [0.2, 0.25) is 0 Å². The van der Waals surface area contributed by atoms with E-state index in [1.54, 1.807) is 19.0 Å². The quantitative estimate of drug-likeness (QED) is 0.561. The van der Waals surface area contributed by atoms with Gasteiger partial charge in [0.25, 0.3) is 0 Å². The Morgan fingerprint density at radius 1 is 1.77 bits per heavy atom. The zero-order valence-corrected chi connectivity index (χ0v) is 7.64. The van der Waals surface area contributed by atoms with Crippen LogP contribution in [0.1, 0.15) is 0 Å². The normalized spacial score (nSPS) is 10.3. The molecule has 0 radical (unpaired) electrons. The second-order valence-corrected chi connectivity index (χ2v) is 2.84. The average molecular weight is 181 g/mol. The van der Waals surface area contributed by atoms with Crippen molar-refractivity contribution in [3.63, 3.8) is 0 Å². The highest BCUT2D eigenvalue weighted by Crippen LogP contribution is 1.83. The largest absolute Gasteiger partial charge is 0.346 e. The van der Waals surface area contributed by atoms with E-state index in [2.05, 4.69) is 5.10 Å². The number of nitriles is 1. The van der Waals surface area contributed by atoms with Crippen LogP contribution in [-0.4, -0.2) is 32.8 Å². The molecule has 0 aliphatic carbocycles.